The van der Waals surface area contributed by atoms with E-state index in [4.69, 9.17) is 9.47 Å². The Bertz CT molecular complexity index is 999. The molecule has 1 aromatic carbocycles. The maximum atomic E-state index is 12.3. The van der Waals surface area contributed by atoms with Gasteiger partial charge in [-0.25, -0.2) is 14.4 Å². The number of carboxylic acids is 1. The highest BCUT2D eigenvalue weighted by molar-refractivity contribution is 8.13. The lowest BCUT2D eigenvalue weighted by Gasteiger charge is -2.19. The zero-order valence-electron chi connectivity index (χ0n) is 22.4. The molecule has 1 rings (SSSR count). The van der Waals surface area contributed by atoms with Crippen LogP contribution in [0.4, 0.5) is 9.59 Å². The standard InChI is InChI=1S/C25H36N4O9S/c1-16(28-24(36)37-14-17-9-6-5-7-10-17)22(34)39-15-18(21(32)33)29-19(30)11-8-12-26-20(31)13-27-23(35)38-25(2,3)4/h5-7,9-10,16,18H,8,11-15H2,1-4H3,(H,26,31)(H,27,35)(H,28,36)(H,29,30)(H,32,33)/t16-,18-/m0/s1. The first-order chi connectivity index (χ1) is 18.3. The van der Waals surface area contributed by atoms with E-state index in [2.05, 4.69) is 21.3 Å². The van der Waals surface area contributed by atoms with Gasteiger partial charge in [0.15, 0.2) is 0 Å². The van der Waals surface area contributed by atoms with Gasteiger partial charge < -0.3 is 35.8 Å². The third-order valence-corrected chi connectivity index (χ3v) is 5.76. The van der Waals surface area contributed by atoms with Gasteiger partial charge in [-0.1, -0.05) is 42.1 Å². The summed E-state index contributed by atoms with van der Waals surface area (Å²) in [7, 11) is 0. The van der Waals surface area contributed by atoms with Crippen LogP contribution in [0, 0.1) is 0 Å². The van der Waals surface area contributed by atoms with E-state index in [1.165, 1.54) is 6.92 Å². The van der Waals surface area contributed by atoms with Crippen molar-refractivity contribution in [2.24, 2.45) is 0 Å². The summed E-state index contributed by atoms with van der Waals surface area (Å²) in [5.74, 6) is -2.63. The highest BCUT2D eigenvalue weighted by Crippen LogP contribution is 2.10. The maximum absolute atomic E-state index is 12.3. The van der Waals surface area contributed by atoms with Crippen LogP contribution in [0.15, 0.2) is 30.3 Å². The molecule has 4 amide bonds. The molecular formula is C25H36N4O9S. The fourth-order valence-corrected chi connectivity index (χ4v) is 3.60. The van der Waals surface area contributed by atoms with Crippen molar-refractivity contribution < 1.29 is 43.3 Å². The van der Waals surface area contributed by atoms with E-state index in [1.807, 2.05) is 6.07 Å². The van der Waals surface area contributed by atoms with Crippen LogP contribution >= 0.6 is 11.8 Å². The maximum Gasteiger partial charge on any atom is 0.408 e. The predicted octanol–water partition coefficient (Wildman–Crippen LogP) is 1.55. The summed E-state index contributed by atoms with van der Waals surface area (Å²) in [6, 6.07) is 6.69. The topological polar surface area (TPSA) is 189 Å². The van der Waals surface area contributed by atoms with E-state index >= 15 is 0 Å². The zero-order chi connectivity index (χ0) is 29.4. The average Bonchev–Trinajstić information content (AvgIpc) is 2.85. The van der Waals surface area contributed by atoms with Gasteiger partial charge in [0.05, 0.1) is 12.6 Å². The lowest BCUT2D eigenvalue weighted by molar-refractivity contribution is -0.141. The monoisotopic (exact) mass is 568 g/mol. The molecule has 0 heterocycles. The van der Waals surface area contributed by atoms with Crippen LogP contribution in [-0.4, -0.2) is 76.7 Å². The number of aliphatic carboxylic acids is 1. The first kappa shape index (κ1) is 33.2. The van der Waals surface area contributed by atoms with Gasteiger partial charge in [0.2, 0.25) is 16.9 Å². The molecule has 0 fully saturated rings. The van der Waals surface area contributed by atoms with Gasteiger partial charge in [0, 0.05) is 18.7 Å². The lowest BCUT2D eigenvalue weighted by Crippen LogP contribution is -2.44. The smallest absolute Gasteiger partial charge is 0.408 e. The molecule has 1 aromatic rings. The number of carbonyl (C=O) groups is 6. The van der Waals surface area contributed by atoms with Crippen molar-refractivity contribution >= 4 is 46.8 Å². The Kier molecular flexibility index (Phi) is 14.4. The normalized spacial score (nSPS) is 12.3. The molecule has 13 nitrogen and oxygen atoms in total. The predicted molar refractivity (Wildman–Crippen MR) is 143 cm³/mol. The number of amides is 4. The van der Waals surface area contributed by atoms with Gasteiger partial charge >= 0.3 is 18.2 Å². The van der Waals surface area contributed by atoms with E-state index in [9.17, 15) is 33.9 Å². The third kappa shape index (κ3) is 15.9. The molecule has 0 aliphatic carbocycles. The van der Waals surface area contributed by atoms with Crippen LogP contribution in [0.1, 0.15) is 46.1 Å². The van der Waals surface area contributed by atoms with Gasteiger partial charge in [-0.15, -0.1) is 0 Å². The Morgan fingerprint density at radius 1 is 0.949 bits per heavy atom. The summed E-state index contributed by atoms with van der Waals surface area (Å²) in [6.45, 7) is 6.35. The van der Waals surface area contributed by atoms with Crippen molar-refractivity contribution in [1.82, 2.24) is 21.3 Å². The van der Waals surface area contributed by atoms with E-state index < -0.39 is 52.8 Å². The number of carboxylic acid groups (broad SMARTS) is 1. The van der Waals surface area contributed by atoms with E-state index in [-0.39, 0.29) is 38.3 Å². The van der Waals surface area contributed by atoms with Crippen molar-refractivity contribution in [3.05, 3.63) is 35.9 Å². The SMILES string of the molecule is C[C@H](NC(=O)OCc1ccccc1)C(=O)SC[C@H](NC(=O)CCCNC(=O)CNC(=O)OC(C)(C)C)C(=O)O. The average molecular weight is 569 g/mol. The van der Waals surface area contributed by atoms with E-state index in [0.717, 1.165) is 5.56 Å². The summed E-state index contributed by atoms with van der Waals surface area (Å²) in [6.07, 6.45) is -1.39. The quantitative estimate of drug-likeness (QED) is 0.206. The Morgan fingerprint density at radius 2 is 1.62 bits per heavy atom. The van der Waals surface area contributed by atoms with E-state index in [0.29, 0.717) is 11.8 Å². The molecule has 5 N–H and O–H groups in total. The van der Waals surface area contributed by atoms with Crippen molar-refractivity contribution in [2.75, 3.05) is 18.8 Å². The van der Waals surface area contributed by atoms with Crippen molar-refractivity contribution in [1.29, 1.82) is 0 Å². The first-order valence-electron chi connectivity index (χ1n) is 12.2. The molecule has 0 spiro atoms. The van der Waals surface area contributed by atoms with Crippen LogP contribution in [0.3, 0.4) is 0 Å². The molecule has 0 aromatic heterocycles. The first-order valence-corrected chi connectivity index (χ1v) is 13.1. The Labute approximate surface area is 231 Å². The van der Waals surface area contributed by atoms with Crippen LogP contribution in [0.2, 0.25) is 0 Å². The second-order valence-electron chi connectivity index (χ2n) is 9.33. The van der Waals surface area contributed by atoms with Crippen molar-refractivity contribution in [2.45, 2.75) is 64.8 Å². The number of carbonyl (C=O) groups excluding carboxylic acids is 5. The number of rotatable bonds is 14. The second kappa shape index (κ2) is 16.9. The molecule has 0 aliphatic heterocycles. The van der Waals surface area contributed by atoms with E-state index in [1.54, 1.807) is 45.0 Å². The molecule has 0 radical (unpaired) electrons. The number of benzene rings is 1. The number of alkyl carbamates (subject to hydrolysis) is 2. The minimum Gasteiger partial charge on any atom is -0.480 e. The zero-order valence-corrected chi connectivity index (χ0v) is 23.2. The molecule has 2 atom stereocenters. The summed E-state index contributed by atoms with van der Waals surface area (Å²) in [5, 5.41) is 18.4. The minimum absolute atomic E-state index is 0.0283. The van der Waals surface area contributed by atoms with Gasteiger partial charge in [-0.05, 0) is 39.7 Å². The fourth-order valence-electron chi connectivity index (χ4n) is 2.74. The fraction of sp³-hybridized carbons (Fsp3) is 0.520. The summed E-state index contributed by atoms with van der Waals surface area (Å²) < 4.78 is 10.1. The number of hydrogen-bond donors (Lipinski definition) is 5. The molecule has 0 unspecified atom stereocenters. The van der Waals surface area contributed by atoms with Gasteiger partial charge in [0.1, 0.15) is 18.2 Å². The number of nitrogens with one attached hydrogen (secondary N) is 4. The number of hydrogen-bond acceptors (Lipinski definition) is 9. The van der Waals surface area contributed by atoms with Crippen LogP contribution in [-0.2, 0) is 35.3 Å². The molecule has 0 saturated carbocycles. The van der Waals surface area contributed by atoms with Crippen molar-refractivity contribution in [3.63, 3.8) is 0 Å². The highest BCUT2D eigenvalue weighted by atomic mass is 32.2. The Hall–Kier alpha value is -3.81. The molecule has 216 valence electrons. The summed E-state index contributed by atoms with van der Waals surface area (Å²) in [4.78, 5) is 71.2. The minimum atomic E-state index is -1.34. The molecule has 14 heteroatoms. The lowest BCUT2D eigenvalue weighted by atomic mass is 10.2. The molecule has 0 aliphatic rings. The molecule has 0 bridgehead atoms. The van der Waals surface area contributed by atoms with Crippen LogP contribution in [0.25, 0.3) is 0 Å². The molecule has 0 saturated heterocycles. The van der Waals surface area contributed by atoms with Gasteiger partial charge in [-0.3, -0.25) is 14.4 Å². The summed E-state index contributed by atoms with van der Waals surface area (Å²) >= 11 is 0.656. The highest BCUT2D eigenvalue weighted by Gasteiger charge is 2.24. The Morgan fingerprint density at radius 3 is 2.23 bits per heavy atom. The molecule has 39 heavy (non-hydrogen) atoms. The van der Waals surface area contributed by atoms with Gasteiger partial charge in [-0.2, -0.15) is 0 Å². The number of ether oxygens (including phenoxy) is 2. The largest absolute Gasteiger partial charge is 0.480 e. The molecular weight excluding hydrogens is 532 g/mol. The third-order valence-electron chi connectivity index (χ3n) is 4.62. The second-order valence-corrected chi connectivity index (χ2v) is 10.3. The van der Waals surface area contributed by atoms with Gasteiger partial charge in [0.25, 0.3) is 0 Å². The number of thioether (sulfide) groups is 1. The summed E-state index contributed by atoms with van der Waals surface area (Å²) in [5.41, 5.74) is 0.0814. The van der Waals surface area contributed by atoms with Crippen LogP contribution in [0.5, 0.6) is 0 Å². The Balaban J connectivity index is 2.30. The van der Waals surface area contributed by atoms with Crippen molar-refractivity contribution in [3.8, 4) is 0 Å². The van der Waals surface area contributed by atoms with Crippen LogP contribution < -0.4 is 21.3 Å².